The maximum absolute atomic E-state index is 13.7. The highest BCUT2D eigenvalue weighted by molar-refractivity contribution is 5.84. The van der Waals surface area contributed by atoms with Crippen molar-refractivity contribution in [3.05, 3.63) is 42.4 Å². The van der Waals surface area contributed by atoms with E-state index in [9.17, 15) is 14.4 Å². The Morgan fingerprint density at radius 3 is 2.50 bits per heavy atom. The maximum Gasteiger partial charge on any atom is 0.257 e. The monoisotopic (exact) mass is 354 g/mol. The summed E-state index contributed by atoms with van der Waals surface area (Å²) in [5, 5.41) is 12.4. The first kappa shape index (κ1) is 18.1. The lowest BCUT2D eigenvalue weighted by atomic mass is 9.90. The second-order valence-electron chi connectivity index (χ2n) is 7.28. The fraction of sp³-hybridized carbons (Fsp3) is 0.450. The van der Waals surface area contributed by atoms with Gasteiger partial charge in [-0.15, -0.1) is 0 Å². The average molecular weight is 354 g/mol. The minimum Gasteiger partial charge on any atom is -0.351 e. The van der Waals surface area contributed by atoms with Crippen LogP contribution in [-0.4, -0.2) is 27.2 Å². The predicted octanol–water partition coefficient (Wildman–Crippen LogP) is 3.77. The molecule has 1 aliphatic carbocycles. The van der Waals surface area contributed by atoms with Crippen LogP contribution in [0.3, 0.4) is 0 Å². The Morgan fingerprint density at radius 1 is 1.27 bits per heavy atom. The number of amides is 1. The van der Waals surface area contributed by atoms with Crippen molar-refractivity contribution >= 4 is 5.91 Å². The molecule has 1 amide bonds. The Kier molecular flexibility index (Phi) is 5.08. The molecule has 5 nitrogen and oxygen atoms in total. The lowest BCUT2D eigenvalue weighted by Gasteiger charge is -2.31. The molecule has 0 saturated heterocycles. The summed E-state index contributed by atoms with van der Waals surface area (Å²) >= 11 is 0. The second kappa shape index (κ2) is 7.28. The predicted molar refractivity (Wildman–Crippen MR) is 97.0 cm³/mol. The molecule has 3 rings (SSSR count). The largest absolute Gasteiger partial charge is 0.351 e. The van der Waals surface area contributed by atoms with E-state index in [2.05, 4.69) is 16.4 Å². The summed E-state index contributed by atoms with van der Waals surface area (Å²) in [4.78, 5) is 16.3. The number of hydrogen-bond donors (Lipinski definition) is 1. The topological polar surface area (TPSA) is 70.7 Å². The van der Waals surface area contributed by atoms with E-state index in [1.165, 1.54) is 13.8 Å². The molecular formula is C20H23FN4O. The Hall–Kier alpha value is -2.68. The van der Waals surface area contributed by atoms with Gasteiger partial charge in [-0.2, -0.15) is 5.26 Å². The van der Waals surface area contributed by atoms with Crippen molar-refractivity contribution in [3.63, 3.8) is 0 Å². The number of aromatic nitrogens is 2. The minimum atomic E-state index is -1.86. The Labute approximate surface area is 152 Å². The van der Waals surface area contributed by atoms with Gasteiger partial charge in [-0.25, -0.2) is 9.37 Å². The van der Waals surface area contributed by atoms with Crippen molar-refractivity contribution < 1.29 is 9.18 Å². The number of alkyl halides is 1. The second-order valence-corrected chi connectivity index (χ2v) is 7.28. The number of carbonyl (C=O) groups is 1. The van der Waals surface area contributed by atoms with Crippen LogP contribution in [0.1, 0.15) is 51.3 Å². The molecule has 0 unspecified atom stereocenters. The molecule has 2 aromatic rings. The SMILES string of the molecule is CC(C)(F)C(=O)N[C@H]1CC[C@@H](n2cnc(-c3ccccc3)c2C#N)CC1. The van der Waals surface area contributed by atoms with E-state index in [1.807, 2.05) is 34.9 Å². The third-order valence-electron chi connectivity index (χ3n) is 4.91. The molecule has 26 heavy (non-hydrogen) atoms. The lowest BCUT2D eigenvalue weighted by molar-refractivity contribution is -0.131. The zero-order chi connectivity index (χ0) is 18.7. The van der Waals surface area contributed by atoms with Crippen LogP contribution in [0, 0.1) is 11.3 Å². The van der Waals surface area contributed by atoms with Gasteiger partial charge in [-0.3, -0.25) is 4.79 Å². The van der Waals surface area contributed by atoms with Gasteiger partial charge in [0.1, 0.15) is 17.5 Å². The van der Waals surface area contributed by atoms with Gasteiger partial charge >= 0.3 is 0 Å². The quantitative estimate of drug-likeness (QED) is 0.908. The summed E-state index contributed by atoms with van der Waals surface area (Å²) in [7, 11) is 0. The summed E-state index contributed by atoms with van der Waals surface area (Å²) < 4.78 is 15.6. The molecule has 136 valence electrons. The van der Waals surface area contributed by atoms with Gasteiger partial charge in [0, 0.05) is 17.6 Å². The minimum absolute atomic E-state index is 0.0172. The highest BCUT2D eigenvalue weighted by Gasteiger charge is 2.31. The zero-order valence-electron chi connectivity index (χ0n) is 15.1. The zero-order valence-corrected chi connectivity index (χ0v) is 15.1. The van der Waals surface area contributed by atoms with E-state index in [1.54, 1.807) is 6.33 Å². The molecule has 1 N–H and O–H groups in total. The average Bonchev–Trinajstić information content (AvgIpc) is 3.06. The number of imidazole rings is 1. The molecule has 0 spiro atoms. The molecule has 1 heterocycles. The number of nitrogens with one attached hydrogen (secondary N) is 1. The van der Waals surface area contributed by atoms with Crippen LogP contribution in [0.5, 0.6) is 0 Å². The van der Waals surface area contributed by atoms with Gasteiger partial charge in [0.15, 0.2) is 5.67 Å². The van der Waals surface area contributed by atoms with Crippen LogP contribution in [0.4, 0.5) is 4.39 Å². The first-order valence-electron chi connectivity index (χ1n) is 8.92. The van der Waals surface area contributed by atoms with Crippen LogP contribution in [-0.2, 0) is 4.79 Å². The molecular weight excluding hydrogens is 331 g/mol. The van der Waals surface area contributed by atoms with E-state index in [0.717, 1.165) is 31.2 Å². The first-order chi connectivity index (χ1) is 12.4. The van der Waals surface area contributed by atoms with Gasteiger partial charge in [-0.1, -0.05) is 30.3 Å². The molecule has 0 bridgehead atoms. The number of carbonyl (C=O) groups excluding carboxylic acids is 1. The maximum atomic E-state index is 13.7. The molecule has 0 atom stereocenters. The van der Waals surface area contributed by atoms with Crippen molar-refractivity contribution in [3.8, 4) is 17.3 Å². The van der Waals surface area contributed by atoms with E-state index >= 15 is 0 Å². The molecule has 1 fully saturated rings. The van der Waals surface area contributed by atoms with Crippen LogP contribution in [0.2, 0.25) is 0 Å². The fourth-order valence-electron chi connectivity index (χ4n) is 3.41. The van der Waals surface area contributed by atoms with E-state index in [-0.39, 0.29) is 12.1 Å². The third kappa shape index (κ3) is 3.77. The van der Waals surface area contributed by atoms with E-state index < -0.39 is 11.6 Å². The van der Waals surface area contributed by atoms with Crippen molar-refractivity contribution in [2.24, 2.45) is 0 Å². The normalized spacial score (nSPS) is 20.4. The molecule has 1 aromatic carbocycles. The molecule has 1 aliphatic rings. The van der Waals surface area contributed by atoms with Crippen molar-refractivity contribution in [1.29, 1.82) is 5.26 Å². The summed E-state index contributed by atoms with van der Waals surface area (Å²) in [5.74, 6) is -0.562. The number of rotatable bonds is 4. The van der Waals surface area contributed by atoms with Gasteiger partial charge in [0.2, 0.25) is 0 Å². The van der Waals surface area contributed by atoms with Gasteiger partial charge in [0.05, 0.1) is 6.33 Å². The van der Waals surface area contributed by atoms with Crippen LogP contribution < -0.4 is 5.32 Å². The first-order valence-corrected chi connectivity index (χ1v) is 8.92. The van der Waals surface area contributed by atoms with Gasteiger partial charge in [-0.05, 0) is 39.5 Å². The molecule has 1 saturated carbocycles. The molecule has 0 radical (unpaired) electrons. The van der Waals surface area contributed by atoms with E-state index in [4.69, 9.17) is 0 Å². The number of nitrogens with zero attached hydrogens (tertiary/aromatic N) is 3. The highest BCUT2D eigenvalue weighted by Crippen LogP contribution is 2.32. The number of benzene rings is 1. The lowest BCUT2D eigenvalue weighted by Crippen LogP contribution is -2.45. The van der Waals surface area contributed by atoms with Crippen molar-refractivity contribution in [2.75, 3.05) is 0 Å². The highest BCUT2D eigenvalue weighted by atomic mass is 19.1. The smallest absolute Gasteiger partial charge is 0.257 e. The third-order valence-corrected chi connectivity index (χ3v) is 4.91. The summed E-state index contributed by atoms with van der Waals surface area (Å²) in [5.41, 5.74) is 0.324. The molecule has 6 heteroatoms. The van der Waals surface area contributed by atoms with Crippen LogP contribution >= 0.6 is 0 Å². The standard InChI is InChI=1S/C20H23FN4O/c1-20(2,21)19(26)24-15-8-10-16(11-9-15)25-13-23-18(17(25)12-22)14-6-4-3-5-7-14/h3-7,13,15-16H,8-11H2,1-2H3,(H,24,26)/t15-,16+. The summed E-state index contributed by atoms with van der Waals surface area (Å²) in [6, 6.07) is 12.1. The van der Waals surface area contributed by atoms with Crippen LogP contribution in [0.25, 0.3) is 11.3 Å². The summed E-state index contributed by atoms with van der Waals surface area (Å²) in [6.07, 6.45) is 4.88. The Bertz CT molecular complexity index is 809. The number of hydrogen-bond acceptors (Lipinski definition) is 3. The van der Waals surface area contributed by atoms with E-state index in [0.29, 0.717) is 11.4 Å². The van der Waals surface area contributed by atoms with Crippen LogP contribution in [0.15, 0.2) is 36.7 Å². The number of halogens is 1. The summed E-state index contributed by atoms with van der Waals surface area (Å²) in [6.45, 7) is 2.54. The molecule has 0 aliphatic heterocycles. The Balaban J connectivity index is 1.70. The Morgan fingerprint density at radius 2 is 1.92 bits per heavy atom. The van der Waals surface area contributed by atoms with Crippen molar-refractivity contribution in [2.45, 2.75) is 57.3 Å². The molecule has 1 aromatic heterocycles. The van der Waals surface area contributed by atoms with Gasteiger partial charge in [0.25, 0.3) is 5.91 Å². The van der Waals surface area contributed by atoms with Crippen molar-refractivity contribution in [1.82, 2.24) is 14.9 Å². The number of nitriles is 1. The van der Waals surface area contributed by atoms with Gasteiger partial charge < -0.3 is 9.88 Å². The fourth-order valence-corrected chi connectivity index (χ4v) is 3.41.